The molecule has 2 aliphatic heterocycles. The summed E-state index contributed by atoms with van der Waals surface area (Å²) in [6.07, 6.45) is 0.917. The molecule has 0 unspecified atom stereocenters. The smallest absolute Gasteiger partial charge is 0.407 e. The van der Waals surface area contributed by atoms with E-state index in [1.807, 2.05) is 45.0 Å². The summed E-state index contributed by atoms with van der Waals surface area (Å²) in [4.78, 5) is 55.2. The Bertz CT molecular complexity index is 1300. The van der Waals surface area contributed by atoms with Crippen molar-refractivity contribution in [3.05, 3.63) is 65.2 Å². The first-order valence-electron chi connectivity index (χ1n) is 15.5. The number of carbonyl (C=O) groups excluding carboxylic acids is 3. The molecule has 2 aromatic rings. The minimum absolute atomic E-state index is 0.190. The number of rotatable bonds is 12. The minimum atomic E-state index is -0.919. The van der Waals surface area contributed by atoms with Gasteiger partial charge in [-0.3, -0.25) is 9.69 Å². The highest BCUT2D eigenvalue weighted by atomic mass is 16.5. The fourth-order valence-electron chi connectivity index (χ4n) is 5.84. The first-order valence-corrected chi connectivity index (χ1v) is 15.5. The van der Waals surface area contributed by atoms with Crippen molar-refractivity contribution < 1.29 is 33.8 Å². The lowest BCUT2D eigenvalue weighted by molar-refractivity contribution is -0.191. The summed E-state index contributed by atoms with van der Waals surface area (Å²) in [5, 5.41) is 12.1. The van der Waals surface area contributed by atoms with Gasteiger partial charge < -0.3 is 24.8 Å². The van der Waals surface area contributed by atoms with E-state index in [-0.39, 0.29) is 18.6 Å². The van der Waals surface area contributed by atoms with Crippen LogP contribution in [0.2, 0.25) is 0 Å². The highest BCUT2D eigenvalue weighted by Gasteiger charge is 2.63. The van der Waals surface area contributed by atoms with E-state index in [0.717, 1.165) is 24.0 Å². The summed E-state index contributed by atoms with van der Waals surface area (Å²) < 4.78 is 11.7. The zero-order valence-electron chi connectivity index (χ0n) is 26.1. The maximum Gasteiger partial charge on any atom is 0.407 e. The Morgan fingerprint density at radius 1 is 0.977 bits per heavy atom. The lowest BCUT2D eigenvalue weighted by Crippen LogP contribution is -2.73. The van der Waals surface area contributed by atoms with Crippen LogP contribution in [0.4, 0.5) is 9.59 Å². The third-order valence-electron chi connectivity index (χ3n) is 8.81. The fourth-order valence-corrected chi connectivity index (χ4v) is 5.84. The van der Waals surface area contributed by atoms with Crippen LogP contribution in [-0.2, 0) is 9.53 Å². The van der Waals surface area contributed by atoms with E-state index in [9.17, 15) is 19.2 Å². The van der Waals surface area contributed by atoms with Crippen molar-refractivity contribution in [1.82, 2.24) is 20.0 Å². The Kier molecular flexibility index (Phi) is 10.9. The number of esters is 1. The number of imide groups is 1. The number of carboxylic acid groups (broad SMARTS) is 1. The van der Waals surface area contributed by atoms with Gasteiger partial charge in [0.15, 0.2) is 6.23 Å². The molecule has 0 aromatic heterocycles. The maximum absolute atomic E-state index is 13.5. The number of nitrogens with one attached hydrogen (secondary N) is 1. The number of likely N-dealkylation sites (tertiary alicyclic amines) is 1. The van der Waals surface area contributed by atoms with Gasteiger partial charge in [0.25, 0.3) is 0 Å². The van der Waals surface area contributed by atoms with Crippen molar-refractivity contribution in [2.24, 2.45) is 5.41 Å². The number of aryl methyl sites for hydroxylation is 1. The van der Waals surface area contributed by atoms with Crippen LogP contribution >= 0.6 is 0 Å². The number of β-lactam (4-membered cyclic amide) rings is 1. The lowest BCUT2D eigenvalue weighted by atomic mass is 9.72. The molecule has 2 fully saturated rings. The van der Waals surface area contributed by atoms with E-state index in [2.05, 4.69) is 17.1 Å². The quantitative estimate of drug-likeness (QED) is 0.253. The molecule has 0 saturated carbocycles. The molecule has 238 valence electrons. The zero-order valence-corrected chi connectivity index (χ0v) is 26.1. The van der Waals surface area contributed by atoms with Gasteiger partial charge in [0.05, 0.1) is 11.6 Å². The molecule has 2 atom stereocenters. The Hall–Kier alpha value is -4.12. The molecular weight excluding hydrogens is 564 g/mol. The van der Waals surface area contributed by atoms with E-state index in [1.54, 1.807) is 24.3 Å². The predicted octanol–water partition coefficient (Wildman–Crippen LogP) is 5.05. The predicted molar refractivity (Wildman–Crippen MR) is 164 cm³/mol. The second-order valence-electron chi connectivity index (χ2n) is 11.5. The largest absolute Gasteiger partial charge is 0.469 e. The molecule has 0 bridgehead atoms. The van der Waals surface area contributed by atoms with E-state index >= 15 is 0 Å². The number of hydrogen-bond donors (Lipinski definition) is 2. The van der Waals surface area contributed by atoms with Crippen molar-refractivity contribution in [3.63, 3.8) is 0 Å². The van der Waals surface area contributed by atoms with Gasteiger partial charge in [-0.2, -0.15) is 0 Å². The van der Waals surface area contributed by atoms with E-state index in [1.165, 1.54) is 9.80 Å². The Morgan fingerprint density at radius 2 is 1.61 bits per heavy atom. The molecular formula is C33H44N4O7. The fraction of sp³-hybridized carbons (Fsp3) is 0.515. The van der Waals surface area contributed by atoms with Crippen molar-refractivity contribution in [2.75, 3.05) is 39.3 Å². The van der Waals surface area contributed by atoms with Crippen LogP contribution in [0.15, 0.2) is 48.5 Å². The summed E-state index contributed by atoms with van der Waals surface area (Å²) in [7, 11) is 0. The number of hydrogen-bond acceptors (Lipinski definition) is 7. The van der Waals surface area contributed by atoms with Gasteiger partial charge in [0.1, 0.15) is 17.8 Å². The molecule has 4 amide bonds. The molecule has 2 aliphatic rings. The number of carbonyl (C=O) groups is 4. The van der Waals surface area contributed by atoms with Gasteiger partial charge in [-0.25, -0.2) is 19.3 Å². The van der Waals surface area contributed by atoms with Gasteiger partial charge in [-0.15, -0.1) is 0 Å². The highest BCUT2D eigenvalue weighted by Crippen LogP contribution is 2.46. The summed E-state index contributed by atoms with van der Waals surface area (Å²) in [5.41, 5.74) is 1.64. The molecule has 0 aliphatic carbocycles. The van der Waals surface area contributed by atoms with Gasteiger partial charge in [0.2, 0.25) is 5.91 Å². The molecule has 2 aromatic carbocycles. The van der Waals surface area contributed by atoms with Crippen LogP contribution in [0.5, 0.6) is 5.75 Å². The molecule has 2 saturated heterocycles. The molecule has 11 heteroatoms. The van der Waals surface area contributed by atoms with Crippen LogP contribution < -0.4 is 10.1 Å². The third kappa shape index (κ3) is 7.15. The molecule has 2 N–H and O–H groups in total. The summed E-state index contributed by atoms with van der Waals surface area (Å²) in [6, 6.07) is 13.8. The molecule has 2 heterocycles. The minimum Gasteiger partial charge on any atom is -0.469 e. The molecule has 4 rings (SSSR count). The first-order chi connectivity index (χ1) is 21.1. The summed E-state index contributed by atoms with van der Waals surface area (Å²) in [6.45, 7) is 10.7. The Labute approximate surface area is 259 Å². The SMILES string of the molecule is CCC[C@@H](NC(=O)N1C(=O)C(CC)(CC)[C@@H]1Oc1ccc(C(=O)OCCN2CCN(C(=O)O)CC2)cc1)c1ccc(C)cc1. The van der Waals surface area contributed by atoms with Gasteiger partial charge >= 0.3 is 18.1 Å². The second kappa shape index (κ2) is 14.6. The number of amides is 4. The van der Waals surface area contributed by atoms with Crippen molar-refractivity contribution in [2.45, 2.75) is 65.6 Å². The van der Waals surface area contributed by atoms with Crippen LogP contribution in [0.1, 0.15) is 74.0 Å². The number of benzene rings is 2. The number of piperazine rings is 1. The van der Waals surface area contributed by atoms with E-state index in [0.29, 0.717) is 56.9 Å². The third-order valence-corrected chi connectivity index (χ3v) is 8.81. The maximum atomic E-state index is 13.5. The number of urea groups is 1. The highest BCUT2D eigenvalue weighted by molar-refractivity contribution is 6.03. The van der Waals surface area contributed by atoms with Gasteiger partial charge in [-0.1, -0.05) is 57.0 Å². The number of nitrogens with zero attached hydrogens (tertiary/aromatic N) is 3. The topological polar surface area (TPSA) is 129 Å². The second-order valence-corrected chi connectivity index (χ2v) is 11.5. The average Bonchev–Trinajstić information content (AvgIpc) is 3.02. The number of ether oxygens (including phenoxy) is 2. The van der Waals surface area contributed by atoms with Crippen molar-refractivity contribution >= 4 is 24.0 Å². The standard InChI is InChI=1S/C33H44N4O7/c1-5-8-27(24-11-9-23(4)10-12-24)34-31(40)37-29(39)33(6-2,7-3)30(37)44-26-15-13-25(14-16-26)28(38)43-22-21-35-17-19-36(20-18-35)32(41)42/h9-16,27,30H,5-8,17-22H2,1-4H3,(H,34,40)(H,41,42)/t27-,30+/m1/s1. The van der Waals surface area contributed by atoms with Crippen LogP contribution in [-0.4, -0.2) is 89.4 Å². The van der Waals surface area contributed by atoms with E-state index < -0.39 is 29.7 Å². The van der Waals surface area contributed by atoms with Gasteiger partial charge in [0, 0.05) is 32.7 Å². The van der Waals surface area contributed by atoms with Crippen LogP contribution in [0, 0.1) is 12.3 Å². The van der Waals surface area contributed by atoms with E-state index in [4.69, 9.17) is 14.6 Å². The molecule has 11 nitrogen and oxygen atoms in total. The van der Waals surface area contributed by atoms with Crippen molar-refractivity contribution in [1.29, 1.82) is 0 Å². The average molecular weight is 609 g/mol. The zero-order chi connectivity index (χ0) is 31.9. The monoisotopic (exact) mass is 608 g/mol. The van der Waals surface area contributed by atoms with Gasteiger partial charge in [-0.05, 0) is 56.0 Å². The molecule has 0 radical (unpaired) electrons. The lowest BCUT2D eigenvalue weighted by Gasteiger charge is -2.53. The van der Waals surface area contributed by atoms with Crippen LogP contribution in [0.25, 0.3) is 0 Å². The molecule has 44 heavy (non-hydrogen) atoms. The Morgan fingerprint density at radius 3 is 2.18 bits per heavy atom. The normalized spacial score (nSPS) is 18.7. The van der Waals surface area contributed by atoms with Crippen LogP contribution in [0.3, 0.4) is 0 Å². The summed E-state index contributed by atoms with van der Waals surface area (Å²) >= 11 is 0. The Balaban J connectivity index is 1.37. The first kappa shape index (κ1) is 32.8. The van der Waals surface area contributed by atoms with Crippen molar-refractivity contribution in [3.8, 4) is 5.75 Å². The molecule has 0 spiro atoms. The summed E-state index contributed by atoms with van der Waals surface area (Å²) in [5.74, 6) is -0.299.